The van der Waals surface area contributed by atoms with Crippen LogP contribution >= 0.6 is 0 Å². The molecule has 0 radical (unpaired) electrons. The van der Waals surface area contributed by atoms with Crippen molar-refractivity contribution in [1.82, 2.24) is 8.61 Å². The summed E-state index contributed by atoms with van der Waals surface area (Å²) in [5.41, 5.74) is 0. The van der Waals surface area contributed by atoms with E-state index in [9.17, 15) is 18.3 Å². The molecule has 1 saturated carbocycles. The lowest BCUT2D eigenvalue weighted by Crippen LogP contribution is -2.54. The highest BCUT2D eigenvalue weighted by Gasteiger charge is 2.41. The van der Waals surface area contributed by atoms with Gasteiger partial charge in [0.1, 0.15) is 6.04 Å². The minimum atomic E-state index is -3.69. The van der Waals surface area contributed by atoms with E-state index in [2.05, 4.69) is 6.92 Å². The summed E-state index contributed by atoms with van der Waals surface area (Å²) in [6.45, 7) is 2.50. The first-order valence-electron chi connectivity index (χ1n) is 7.81. The Labute approximate surface area is 127 Å². The van der Waals surface area contributed by atoms with Crippen LogP contribution in [0.3, 0.4) is 0 Å². The van der Waals surface area contributed by atoms with Gasteiger partial charge in [0.2, 0.25) is 0 Å². The molecule has 1 aliphatic carbocycles. The number of carbonyl (C=O) groups is 1. The number of nitrogens with zero attached hydrogens (tertiary/aromatic N) is 2. The summed E-state index contributed by atoms with van der Waals surface area (Å²) in [6, 6.07) is -0.906. The molecule has 1 aliphatic heterocycles. The van der Waals surface area contributed by atoms with Crippen molar-refractivity contribution in [3.8, 4) is 0 Å². The standard InChI is InChI=1S/C14H26N2O4S/c1-11-6-8-12(9-7-11)15(2)21(19,20)16-10-4-3-5-13(16)14(17)18/h11-13H,3-10H2,1-2H3,(H,17,18). The second-order valence-corrected chi connectivity index (χ2v) is 8.34. The third-order valence-electron chi connectivity index (χ3n) is 4.90. The van der Waals surface area contributed by atoms with Crippen molar-refractivity contribution in [1.29, 1.82) is 0 Å². The van der Waals surface area contributed by atoms with E-state index in [1.807, 2.05) is 0 Å². The lowest BCUT2D eigenvalue weighted by molar-refractivity contribution is -0.142. The Hall–Kier alpha value is -0.660. The summed E-state index contributed by atoms with van der Waals surface area (Å²) in [5, 5.41) is 9.27. The molecule has 6 nitrogen and oxygen atoms in total. The number of piperidine rings is 1. The lowest BCUT2D eigenvalue weighted by atomic mass is 9.87. The van der Waals surface area contributed by atoms with E-state index in [4.69, 9.17) is 0 Å². The fraction of sp³-hybridized carbons (Fsp3) is 0.929. The van der Waals surface area contributed by atoms with Gasteiger partial charge in [-0.2, -0.15) is 17.0 Å². The molecule has 0 bridgehead atoms. The molecule has 0 spiro atoms. The Bertz CT molecular complexity index is 471. The molecule has 122 valence electrons. The summed E-state index contributed by atoms with van der Waals surface area (Å²) in [5.74, 6) is -0.386. The zero-order chi connectivity index (χ0) is 15.6. The summed E-state index contributed by atoms with van der Waals surface area (Å²) < 4.78 is 28.1. The Kier molecular flexibility index (Phi) is 5.27. The highest BCUT2D eigenvalue weighted by Crippen LogP contribution is 2.30. The van der Waals surface area contributed by atoms with Gasteiger partial charge in [-0.15, -0.1) is 0 Å². The van der Waals surface area contributed by atoms with Gasteiger partial charge in [-0.05, 0) is 50.9 Å². The quantitative estimate of drug-likeness (QED) is 0.855. The second kappa shape index (κ2) is 6.62. The summed E-state index contributed by atoms with van der Waals surface area (Å²) >= 11 is 0. The molecule has 1 N–H and O–H groups in total. The van der Waals surface area contributed by atoms with E-state index in [1.54, 1.807) is 7.05 Å². The van der Waals surface area contributed by atoms with Crippen molar-refractivity contribution >= 4 is 16.2 Å². The first kappa shape index (κ1) is 16.7. The second-order valence-electron chi connectivity index (χ2n) is 6.40. The van der Waals surface area contributed by atoms with Crippen molar-refractivity contribution in [3.05, 3.63) is 0 Å². The number of aliphatic carboxylic acids is 1. The van der Waals surface area contributed by atoms with Gasteiger partial charge in [0.25, 0.3) is 10.2 Å². The maximum atomic E-state index is 12.8. The fourth-order valence-corrected chi connectivity index (χ4v) is 5.18. The zero-order valence-electron chi connectivity index (χ0n) is 12.9. The highest BCUT2D eigenvalue weighted by atomic mass is 32.2. The molecular weight excluding hydrogens is 292 g/mol. The van der Waals surface area contributed by atoms with E-state index in [1.165, 1.54) is 8.61 Å². The summed E-state index contributed by atoms with van der Waals surface area (Å²) in [6.07, 6.45) is 5.71. The minimum Gasteiger partial charge on any atom is -0.480 e. The maximum Gasteiger partial charge on any atom is 0.322 e. The molecule has 2 fully saturated rings. The van der Waals surface area contributed by atoms with Gasteiger partial charge < -0.3 is 5.11 Å². The predicted molar refractivity (Wildman–Crippen MR) is 80.1 cm³/mol. The topological polar surface area (TPSA) is 77.9 Å². The van der Waals surface area contributed by atoms with Crippen LogP contribution in [0.15, 0.2) is 0 Å². The first-order chi connectivity index (χ1) is 9.84. The molecule has 2 rings (SSSR count). The molecule has 1 unspecified atom stereocenters. The average molecular weight is 318 g/mol. The van der Waals surface area contributed by atoms with E-state index < -0.39 is 22.2 Å². The molecule has 2 aliphatic rings. The summed E-state index contributed by atoms with van der Waals surface area (Å²) in [7, 11) is -2.09. The number of carboxylic acids is 1. The maximum absolute atomic E-state index is 12.8. The Morgan fingerprint density at radius 3 is 2.33 bits per heavy atom. The number of carboxylic acid groups (broad SMARTS) is 1. The van der Waals surface area contributed by atoms with Crippen molar-refractivity contribution in [2.45, 2.75) is 64.0 Å². The minimum absolute atomic E-state index is 0.00238. The monoisotopic (exact) mass is 318 g/mol. The normalized spacial score (nSPS) is 32.2. The van der Waals surface area contributed by atoms with Gasteiger partial charge in [-0.25, -0.2) is 0 Å². The van der Waals surface area contributed by atoms with E-state index in [-0.39, 0.29) is 6.04 Å². The van der Waals surface area contributed by atoms with Crippen LogP contribution in [-0.4, -0.2) is 53.8 Å². The zero-order valence-corrected chi connectivity index (χ0v) is 13.7. The molecule has 1 heterocycles. The summed E-state index contributed by atoms with van der Waals surface area (Å²) in [4.78, 5) is 11.3. The van der Waals surface area contributed by atoms with Crippen molar-refractivity contribution in [2.24, 2.45) is 5.92 Å². The fourth-order valence-electron chi connectivity index (χ4n) is 3.39. The van der Waals surface area contributed by atoms with Crippen LogP contribution in [0.2, 0.25) is 0 Å². The van der Waals surface area contributed by atoms with Crippen LogP contribution in [0, 0.1) is 5.92 Å². The van der Waals surface area contributed by atoms with Crippen LogP contribution in [0.4, 0.5) is 0 Å². The van der Waals surface area contributed by atoms with Crippen molar-refractivity contribution in [3.63, 3.8) is 0 Å². The average Bonchev–Trinajstić information content (AvgIpc) is 2.47. The molecule has 0 aromatic heterocycles. The van der Waals surface area contributed by atoms with Gasteiger partial charge in [0.05, 0.1) is 0 Å². The number of rotatable bonds is 4. The van der Waals surface area contributed by atoms with Crippen molar-refractivity contribution in [2.75, 3.05) is 13.6 Å². The SMILES string of the molecule is CC1CCC(N(C)S(=O)(=O)N2CCCCC2C(=O)O)CC1. The molecule has 1 saturated heterocycles. The third kappa shape index (κ3) is 3.57. The molecule has 0 amide bonds. The van der Waals surface area contributed by atoms with Crippen LogP contribution in [0.25, 0.3) is 0 Å². The van der Waals surface area contributed by atoms with Gasteiger partial charge in [0.15, 0.2) is 0 Å². The molecule has 0 aromatic rings. The lowest BCUT2D eigenvalue weighted by Gasteiger charge is -2.39. The van der Waals surface area contributed by atoms with Gasteiger partial charge in [-0.1, -0.05) is 6.92 Å². The van der Waals surface area contributed by atoms with Crippen LogP contribution in [-0.2, 0) is 15.0 Å². The molecular formula is C14H26N2O4S. The number of hydrogen-bond acceptors (Lipinski definition) is 3. The Balaban J connectivity index is 2.13. The van der Waals surface area contributed by atoms with Gasteiger partial charge >= 0.3 is 5.97 Å². The van der Waals surface area contributed by atoms with Crippen LogP contribution in [0.5, 0.6) is 0 Å². The predicted octanol–water partition coefficient (Wildman–Crippen LogP) is 1.68. The van der Waals surface area contributed by atoms with Crippen LogP contribution < -0.4 is 0 Å². The Morgan fingerprint density at radius 1 is 1.14 bits per heavy atom. The smallest absolute Gasteiger partial charge is 0.322 e. The molecule has 1 atom stereocenters. The third-order valence-corrected chi connectivity index (χ3v) is 6.95. The molecule has 0 aromatic carbocycles. The van der Waals surface area contributed by atoms with Gasteiger partial charge in [-0.3, -0.25) is 4.79 Å². The first-order valence-corrected chi connectivity index (χ1v) is 9.21. The molecule has 21 heavy (non-hydrogen) atoms. The van der Waals surface area contributed by atoms with Gasteiger partial charge in [0, 0.05) is 19.6 Å². The number of hydrogen-bond donors (Lipinski definition) is 1. The van der Waals surface area contributed by atoms with E-state index >= 15 is 0 Å². The highest BCUT2D eigenvalue weighted by molar-refractivity contribution is 7.86. The van der Waals surface area contributed by atoms with Crippen LogP contribution in [0.1, 0.15) is 51.9 Å². The van der Waals surface area contributed by atoms with E-state index in [0.29, 0.717) is 18.9 Å². The van der Waals surface area contributed by atoms with E-state index in [0.717, 1.165) is 38.5 Å². The largest absolute Gasteiger partial charge is 0.480 e. The molecule has 7 heteroatoms. The van der Waals surface area contributed by atoms with Crippen molar-refractivity contribution < 1.29 is 18.3 Å². The Morgan fingerprint density at radius 2 is 1.76 bits per heavy atom.